The molecule has 1 fully saturated rings. The Kier molecular flexibility index (Phi) is 6.66. The molecule has 1 N–H and O–H groups in total. The standard InChI is InChI=1S/C16H17BrClN3.ClH/c17-14-9-12(1-2-15(14)18)11-21-8-7-20-10-16(21)13-3-5-19-6-4-13;/h1-6,9,16,20H,7-8,10-11H2;1H. The number of piperazine rings is 1. The molecule has 1 unspecified atom stereocenters. The van der Waals surface area contributed by atoms with Crippen LogP contribution in [0.2, 0.25) is 5.02 Å². The van der Waals surface area contributed by atoms with E-state index in [1.807, 2.05) is 18.5 Å². The van der Waals surface area contributed by atoms with Gasteiger partial charge in [0, 0.05) is 49.1 Å². The molecular formula is C16H18BrCl2N3. The van der Waals surface area contributed by atoms with Gasteiger partial charge < -0.3 is 5.32 Å². The van der Waals surface area contributed by atoms with Crippen LogP contribution < -0.4 is 5.32 Å². The average Bonchev–Trinajstić information content (AvgIpc) is 2.52. The minimum Gasteiger partial charge on any atom is -0.314 e. The summed E-state index contributed by atoms with van der Waals surface area (Å²) in [5, 5.41) is 4.23. The highest BCUT2D eigenvalue weighted by atomic mass is 79.9. The van der Waals surface area contributed by atoms with Crippen molar-refractivity contribution >= 4 is 39.9 Å². The van der Waals surface area contributed by atoms with E-state index in [2.05, 4.69) is 55.4 Å². The molecular weight excluding hydrogens is 385 g/mol. The molecule has 1 saturated heterocycles. The summed E-state index contributed by atoms with van der Waals surface area (Å²) < 4.78 is 0.956. The zero-order valence-corrected chi connectivity index (χ0v) is 15.2. The summed E-state index contributed by atoms with van der Waals surface area (Å²) in [7, 11) is 0. The fraction of sp³-hybridized carbons (Fsp3) is 0.312. The van der Waals surface area contributed by atoms with Crippen molar-refractivity contribution in [2.75, 3.05) is 19.6 Å². The van der Waals surface area contributed by atoms with Gasteiger partial charge in [0.1, 0.15) is 0 Å². The Morgan fingerprint density at radius 2 is 2.05 bits per heavy atom. The highest BCUT2D eigenvalue weighted by Crippen LogP contribution is 2.27. The second kappa shape index (κ2) is 8.27. The van der Waals surface area contributed by atoms with E-state index in [9.17, 15) is 0 Å². The average molecular weight is 403 g/mol. The van der Waals surface area contributed by atoms with E-state index in [0.29, 0.717) is 6.04 Å². The molecule has 0 spiro atoms. The minimum absolute atomic E-state index is 0. The van der Waals surface area contributed by atoms with Gasteiger partial charge in [0.25, 0.3) is 0 Å². The summed E-state index contributed by atoms with van der Waals surface area (Å²) in [6, 6.07) is 10.7. The summed E-state index contributed by atoms with van der Waals surface area (Å²) in [6.45, 7) is 3.95. The van der Waals surface area contributed by atoms with Crippen LogP contribution in [0.4, 0.5) is 0 Å². The lowest BCUT2D eigenvalue weighted by Gasteiger charge is -2.36. The van der Waals surface area contributed by atoms with E-state index in [4.69, 9.17) is 11.6 Å². The Labute approximate surface area is 150 Å². The molecule has 2 heterocycles. The van der Waals surface area contributed by atoms with Gasteiger partial charge in [-0.05, 0) is 51.3 Å². The van der Waals surface area contributed by atoms with E-state index < -0.39 is 0 Å². The van der Waals surface area contributed by atoms with E-state index in [1.165, 1.54) is 11.1 Å². The first-order valence-corrected chi connectivity index (χ1v) is 8.20. The maximum atomic E-state index is 6.07. The molecule has 0 aliphatic carbocycles. The predicted octanol–water partition coefficient (Wildman–Crippen LogP) is 4.07. The van der Waals surface area contributed by atoms with Gasteiger partial charge in [-0.3, -0.25) is 9.88 Å². The topological polar surface area (TPSA) is 28.2 Å². The Morgan fingerprint density at radius 1 is 1.27 bits per heavy atom. The minimum atomic E-state index is 0. The summed E-state index contributed by atoms with van der Waals surface area (Å²) in [5.41, 5.74) is 2.58. The lowest BCUT2D eigenvalue weighted by atomic mass is 10.0. The maximum Gasteiger partial charge on any atom is 0.0548 e. The summed E-state index contributed by atoms with van der Waals surface area (Å²) >= 11 is 9.57. The number of rotatable bonds is 3. The molecule has 1 aromatic heterocycles. The fourth-order valence-corrected chi connectivity index (χ4v) is 3.27. The number of pyridine rings is 1. The number of benzene rings is 1. The number of nitrogens with zero attached hydrogens (tertiary/aromatic N) is 2. The van der Waals surface area contributed by atoms with Crippen LogP contribution >= 0.6 is 39.9 Å². The van der Waals surface area contributed by atoms with Crippen molar-refractivity contribution in [3.63, 3.8) is 0 Å². The van der Waals surface area contributed by atoms with Gasteiger partial charge in [0.15, 0.2) is 0 Å². The molecule has 118 valence electrons. The smallest absolute Gasteiger partial charge is 0.0548 e. The van der Waals surface area contributed by atoms with Crippen molar-refractivity contribution in [1.29, 1.82) is 0 Å². The SMILES string of the molecule is Cl.Clc1ccc(CN2CCNCC2c2ccncc2)cc1Br. The molecule has 1 atom stereocenters. The fourth-order valence-electron chi connectivity index (χ4n) is 2.72. The van der Waals surface area contributed by atoms with Crippen molar-refractivity contribution in [2.24, 2.45) is 0 Å². The van der Waals surface area contributed by atoms with Crippen LogP contribution in [-0.2, 0) is 6.54 Å². The quantitative estimate of drug-likeness (QED) is 0.838. The highest BCUT2D eigenvalue weighted by Gasteiger charge is 2.23. The van der Waals surface area contributed by atoms with Gasteiger partial charge >= 0.3 is 0 Å². The molecule has 1 aliphatic rings. The zero-order chi connectivity index (χ0) is 14.7. The molecule has 1 aromatic carbocycles. The molecule has 22 heavy (non-hydrogen) atoms. The molecule has 0 amide bonds. The van der Waals surface area contributed by atoms with Crippen LogP contribution in [0.3, 0.4) is 0 Å². The number of nitrogens with one attached hydrogen (secondary N) is 1. The molecule has 0 bridgehead atoms. The summed E-state index contributed by atoms with van der Waals surface area (Å²) in [5.74, 6) is 0. The van der Waals surface area contributed by atoms with E-state index in [-0.39, 0.29) is 12.4 Å². The van der Waals surface area contributed by atoms with Gasteiger partial charge in [-0.2, -0.15) is 0 Å². The zero-order valence-electron chi connectivity index (χ0n) is 12.0. The Bertz CT molecular complexity index is 610. The van der Waals surface area contributed by atoms with Gasteiger partial charge in [-0.1, -0.05) is 17.7 Å². The van der Waals surface area contributed by atoms with Crippen molar-refractivity contribution in [3.8, 4) is 0 Å². The molecule has 0 saturated carbocycles. The number of halogens is 3. The second-order valence-corrected chi connectivity index (χ2v) is 6.48. The third-order valence-electron chi connectivity index (χ3n) is 3.81. The van der Waals surface area contributed by atoms with Gasteiger partial charge in [0.2, 0.25) is 0 Å². The van der Waals surface area contributed by atoms with Crippen LogP contribution in [0.5, 0.6) is 0 Å². The normalized spacial score (nSPS) is 18.7. The van der Waals surface area contributed by atoms with E-state index in [1.54, 1.807) is 0 Å². The maximum absolute atomic E-state index is 6.07. The van der Waals surface area contributed by atoms with Crippen molar-refractivity contribution in [2.45, 2.75) is 12.6 Å². The third kappa shape index (κ3) is 4.21. The molecule has 1 aliphatic heterocycles. The Morgan fingerprint density at radius 3 is 2.77 bits per heavy atom. The van der Waals surface area contributed by atoms with Crippen molar-refractivity contribution in [3.05, 3.63) is 63.3 Å². The lowest BCUT2D eigenvalue weighted by molar-refractivity contribution is 0.153. The number of aromatic nitrogens is 1. The van der Waals surface area contributed by atoms with Crippen LogP contribution in [-0.4, -0.2) is 29.5 Å². The van der Waals surface area contributed by atoms with Crippen molar-refractivity contribution < 1.29 is 0 Å². The Hall–Kier alpha value is -0.650. The molecule has 3 rings (SSSR count). The van der Waals surface area contributed by atoms with Crippen molar-refractivity contribution in [1.82, 2.24) is 15.2 Å². The van der Waals surface area contributed by atoms with E-state index in [0.717, 1.165) is 35.7 Å². The van der Waals surface area contributed by atoms with Gasteiger partial charge in [-0.15, -0.1) is 12.4 Å². The van der Waals surface area contributed by atoms with Crippen LogP contribution in [0, 0.1) is 0 Å². The monoisotopic (exact) mass is 401 g/mol. The number of hydrogen-bond donors (Lipinski definition) is 1. The molecule has 6 heteroatoms. The third-order valence-corrected chi connectivity index (χ3v) is 5.03. The Balaban J connectivity index is 0.00000176. The highest BCUT2D eigenvalue weighted by molar-refractivity contribution is 9.10. The predicted molar refractivity (Wildman–Crippen MR) is 96.7 cm³/mol. The second-order valence-electron chi connectivity index (χ2n) is 5.22. The first-order chi connectivity index (χ1) is 10.2. The first-order valence-electron chi connectivity index (χ1n) is 7.02. The van der Waals surface area contributed by atoms with Crippen LogP contribution in [0.1, 0.15) is 17.2 Å². The lowest BCUT2D eigenvalue weighted by Crippen LogP contribution is -2.45. The van der Waals surface area contributed by atoms with Crippen LogP contribution in [0.15, 0.2) is 47.2 Å². The van der Waals surface area contributed by atoms with Gasteiger partial charge in [0.05, 0.1) is 5.02 Å². The summed E-state index contributed by atoms with van der Waals surface area (Å²) in [4.78, 5) is 6.61. The number of hydrogen-bond acceptors (Lipinski definition) is 3. The van der Waals surface area contributed by atoms with Crippen LogP contribution in [0.25, 0.3) is 0 Å². The van der Waals surface area contributed by atoms with E-state index >= 15 is 0 Å². The first kappa shape index (κ1) is 17.7. The molecule has 2 aromatic rings. The molecule has 3 nitrogen and oxygen atoms in total. The summed E-state index contributed by atoms with van der Waals surface area (Å²) in [6.07, 6.45) is 3.72. The molecule has 0 radical (unpaired) electrons. The largest absolute Gasteiger partial charge is 0.314 e. The van der Waals surface area contributed by atoms with Gasteiger partial charge in [-0.25, -0.2) is 0 Å².